The monoisotopic (exact) mass is 388 g/mol. The first kappa shape index (κ1) is 18.9. The maximum absolute atomic E-state index is 12.9. The van der Waals surface area contributed by atoms with Crippen LogP contribution in [0.4, 0.5) is 5.82 Å². The third kappa shape index (κ3) is 4.37. The van der Waals surface area contributed by atoms with Crippen LogP contribution in [0.2, 0.25) is 0 Å². The summed E-state index contributed by atoms with van der Waals surface area (Å²) in [5.74, 6) is 1.42. The Kier molecular flexibility index (Phi) is 5.70. The fourth-order valence-corrected chi connectivity index (χ4v) is 3.46. The van der Waals surface area contributed by atoms with Gasteiger partial charge in [0, 0.05) is 37.8 Å². The lowest BCUT2D eigenvalue weighted by atomic mass is 10.0. The van der Waals surface area contributed by atoms with Gasteiger partial charge in [0.1, 0.15) is 0 Å². The number of hydrogen-bond donors (Lipinski definition) is 0. The minimum atomic E-state index is 0.0713. The van der Waals surface area contributed by atoms with Crippen LogP contribution in [-0.4, -0.2) is 53.8 Å². The van der Waals surface area contributed by atoms with Crippen molar-refractivity contribution in [2.24, 2.45) is 0 Å². The van der Waals surface area contributed by atoms with Gasteiger partial charge in [-0.25, -0.2) is 0 Å². The van der Waals surface area contributed by atoms with E-state index in [-0.39, 0.29) is 5.91 Å². The molecule has 0 unspecified atom stereocenters. The molecule has 1 saturated heterocycles. The first-order chi connectivity index (χ1) is 14.2. The zero-order valence-corrected chi connectivity index (χ0v) is 16.5. The summed E-state index contributed by atoms with van der Waals surface area (Å²) in [4.78, 5) is 16.9. The molecule has 1 aliphatic heterocycles. The van der Waals surface area contributed by atoms with Gasteiger partial charge in [0.25, 0.3) is 5.91 Å². The molecule has 1 fully saturated rings. The van der Waals surface area contributed by atoms with Crippen LogP contribution in [0.25, 0.3) is 11.1 Å². The van der Waals surface area contributed by atoms with E-state index in [4.69, 9.17) is 4.74 Å². The summed E-state index contributed by atoms with van der Waals surface area (Å²) in [6.45, 7) is 5.28. The summed E-state index contributed by atoms with van der Waals surface area (Å²) < 4.78 is 5.34. The summed E-state index contributed by atoms with van der Waals surface area (Å²) in [6.07, 6.45) is 0. The van der Waals surface area contributed by atoms with E-state index in [2.05, 4.69) is 27.2 Å². The predicted molar refractivity (Wildman–Crippen MR) is 113 cm³/mol. The molecule has 0 spiro atoms. The number of piperazine rings is 1. The van der Waals surface area contributed by atoms with E-state index < -0.39 is 0 Å². The second kappa shape index (κ2) is 8.73. The molecule has 4 rings (SSSR count). The second-order valence-corrected chi connectivity index (χ2v) is 6.89. The van der Waals surface area contributed by atoms with E-state index in [1.807, 2.05) is 66.4 Å². The molecule has 1 aromatic heterocycles. The number of anilines is 1. The van der Waals surface area contributed by atoms with Gasteiger partial charge in [-0.1, -0.05) is 42.5 Å². The van der Waals surface area contributed by atoms with E-state index in [1.165, 1.54) is 0 Å². The van der Waals surface area contributed by atoms with Gasteiger partial charge in [0.05, 0.1) is 6.61 Å². The summed E-state index contributed by atoms with van der Waals surface area (Å²) in [5, 5.41) is 8.32. The fraction of sp³-hybridized carbons (Fsp3) is 0.261. The summed E-state index contributed by atoms with van der Waals surface area (Å²) in [7, 11) is 0. The number of benzene rings is 2. The fourth-order valence-electron chi connectivity index (χ4n) is 3.46. The number of amides is 1. The average Bonchev–Trinajstić information content (AvgIpc) is 2.80. The van der Waals surface area contributed by atoms with Crippen LogP contribution in [0, 0.1) is 0 Å². The highest BCUT2D eigenvalue weighted by molar-refractivity contribution is 5.94. The topological polar surface area (TPSA) is 58.6 Å². The smallest absolute Gasteiger partial charge is 0.253 e. The molecular weight excluding hydrogens is 364 g/mol. The number of carbonyl (C=O) groups excluding carboxylic acids is 1. The molecule has 148 valence electrons. The van der Waals surface area contributed by atoms with Crippen LogP contribution in [0.1, 0.15) is 17.3 Å². The van der Waals surface area contributed by atoms with Gasteiger partial charge < -0.3 is 14.5 Å². The van der Waals surface area contributed by atoms with Gasteiger partial charge in [0.2, 0.25) is 5.88 Å². The van der Waals surface area contributed by atoms with Crippen LogP contribution in [0.3, 0.4) is 0 Å². The van der Waals surface area contributed by atoms with E-state index in [0.29, 0.717) is 25.6 Å². The lowest BCUT2D eigenvalue weighted by Gasteiger charge is -2.35. The van der Waals surface area contributed by atoms with Gasteiger partial charge >= 0.3 is 0 Å². The van der Waals surface area contributed by atoms with Crippen molar-refractivity contribution in [1.29, 1.82) is 0 Å². The maximum Gasteiger partial charge on any atom is 0.253 e. The summed E-state index contributed by atoms with van der Waals surface area (Å²) in [6, 6.07) is 21.8. The molecule has 2 heterocycles. The second-order valence-electron chi connectivity index (χ2n) is 6.89. The van der Waals surface area contributed by atoms with Crippen molar-refractivity contribution in [3.8, 4) is 17.0 Å². The average molecular weight is 388 g/mol. The Morgan fingerprint density at radius 2 is 1.55 bits per heavy atom. The highest BCUT2D eigenvalue weighted by atomic mass is 16.5. The normalized spacial score (nSPS) is 14.0. The third-order valence-electron chi connectivity index (χ3n) is 5.05. The molecule has 6 heteroatoms. The summed E-state index contributed by atoms with van der Waals surface area (Å²) in [5.41, 5.74) is 2.98. The Balaban J connectivity index is 1.36. The Morgan fingerprint density at radius 1 is 0.862 bits per heavy atom. The largest absolute Gasteiger partial charge is 0.477 e. The van der Waals surface area contributed by atoms with E-state index >= 15 is 0 Å². The zero-order valence-electron chi connectivity index (χ0n) is 16.5. The quantitative estimate of drug-likeness (QED) is 0.670. The molecule has 2 aromatic carbocycles. The highest BCUT2D eigenvalue weighted by Gasteiger charge is 2.23. The lowest BCUT2D eigenvalue weighted by Crippen LogP contribution is -2.49. The van der Waals surface area contributed by atoms with Gasteiger partial charge in [-0.05, 0) is 36.2 Å². The lowest BCUT2D eigenvalue weighted by molar-refractivity contribution is 0.0746. The Morgan fingerprint density at radius 3 is 2.17 bits per heavy atom. The molecule has 1 amide bonds. The van der Waals surface area contributed by atoms with Crippen LogP contribution in [-0.2, 0) is 0 Å². The van der Waals surface area contributed by atoms with Crippen LogP contribution >= 0.6 is 0 Å². The Labute approximate surface area is 170 Å². The molecule has 6 nitrogen and oxygen atoms in total. The molecule has 1 aliphatic rings. The Hall–Kier alpha value is -3.41. The van der Waals surface area contributed by atoms with Gasteiger partial charge in [-0.15, -0.1) is 10.2 Å². The van der Waals surface area contributed by atoms with Gasteiger partial charge in [-0.2, -0.15) is 0 Å². The molecule has 0 atom stereocenters. The van der Waals surface area contributed by atoms with E-state index in [0.717, 1.165) is 35.6 Å². The third-order valence-corrected chi connectivity index (χ3v) is 5.05. The van der Waals surface area contributed by atoms with Crippen LogP contribution in [0.5, 0.6) is 5.88 Å². The Bertz CT molecular complexity index is 935. The number of ether oxygens (including phenoxy) is 1. The molecule has 3 aromatic rings. The van der Waals surface area contributed by atoms with Crippen molar-refractivity contribution in [1.82, 2.24) is 15.1 Å². The molecule has 0 bridgehead atoms. The predicted octanol–water partition coefficient (Wildman–Crippen LogP) is 3.50. The standard InChI is InChI=1S/C23H24N4O2/c1-2-29-22-13-12-21(24-25-22)26-14-16-27(17-15-26)23(28)20-10-8-19(9-11-20)18-6-4-3-5-7-18/h3-13H,2,14-17H2,1H3. The summed E-state index contributed by atoms with van der Waals surface area (Å²) >= 11 is 0. The molecule has 0 saturated carbocycles. The van der Waals surface area contributed by atoms with E-state index in [1.54, 1.807) is 0 Å². The number of hydrogen-bond acceptors (Lipinski definition) is 5. The minimum absolute atomic E-state index is 0.0713. The first-order valence-electron chi connectivity index (χ1n) is 9.91. The molecular formula is C23H24N4O2. The van der Waals surface area contributed by atoms with Crippen molar-refractivity contribution in [3.63, 3.8) is 0 Å². The van der Waals surface area contributed by atoms with Crippen molar-refractivity contribution < 1.29 is 9.53 Å². The van der Waals surface area contributed by atoms with E-state index in [9.17, 15) is 4.79 Å². The number of carbonyl (C=O) groups is 1. The zero-order chi connectivity index (χ0) is 20.1. The number of nitrogens with zero attached hydrogens (tertiary/aromatic N) is 4. The van der Waals surface area contributed by atoms with Crippen LogP contribution in [0.15, 0.2) is 66.7 Å². The number of aromatic nitrogens is 2. The minimum Gasteiger partial charge on any atom is -0.477 e. The van der Waals surface area contributed by atoms with Crippen molar-refractivity contribution in [2.45, 2.75) is 6.92 Å². The number of rotatable bonds is 5. The van der Waals surface area contributed by atoms with Crippen molar-refractivity contribution in [3.05, 3.63) is 72.3 Å². The van der Waals surface area contributed by atoms with Crippen LogP contribution < -0.4 is 9.64 Å². The molecule has 0 aliphatic carbocycles. The maximum atomic E-state index is 12.9. The highest BCUT2D eigenvalue weighted by Crippen LogP contribution is 2.21. The van der Waals surface area contributed by atoms with Crippen molar-refractivity contribution in [2.75, 3.05) is 37.7 Å². The molecule has 0 N–H and O–H groups in total. The van der Waals surface area contributed by atoms with Gasteiger partial charge in [0.15, 0.2) is 5.82 Å². The van der Waals surface area contributed by atoms with Crippen molar-refractivity contribution >= 4 is 11.7 Å². The van der Waals surface area contributed by atoms with Gasteiger partial charge in [-0.3, -0.25) is 4.79 Å². The molecule has 29 heavy (non-hydrogen) atoms. The molecule has 0 radical (unpaired) electrons. The first-order valence-corrected chi connectivity index (χ1v) is 9.91. The SMILES string of the molecule is CCOc1ccc(N2CCN(C(=O)c3ccc(-c4ccccc4)cc3)CC2)nn1.